The molecule has 20 heavy (non-hydrogen) atoms. The first-order valence-corrected chi connectivity index (χ1v) is 5.96. The molecule has 106 valence electrons. The maximum absolute atomic E-state index is 12.4. The van der Waals surface area contributed by atoms with Crippen molar-refractivity contribution >= 4 is 11.9 Å². The van der Waals surface area contributed by atoms with Crippen LogP contribution in [0.5, 0.6) is 0 Å². The van der Waals surface area contributed by atoms with Crippen LogP contribution in [0.15, 0.2) is 18.3 Å². The quantitative estimate of drug-likeness (QED) is 0.898. The number of anilines is 2. The third-order valence-corrected chi connectivity index (χ3v) is 2.83. The Hall–Kier alpha value is -2.32. The molecule has 3 N–H and O–H groups in total. The van der Waals surface area contributed by atoms with Crippen molar-refractivity contribution in [2.75, 3.05) is 11.1 Å². The summed E-state index contributed by atoms with van der Waals surface area (Å²) in [7, 11) is 0. The minimum atomic E-state index is -4.42. The number of hydrogen-bond donors (Lipinski definition) is 2. The van der Waals surface area contributed by atoms with Gasteiger partial charge in [0.05, 0.1) is 5.56 Å². The maximum atomic E-state index is 12.4. The SMILES string of the molecule is Nc1nc(NC2CC2)nn1-c1ccc(C(F)(F)F)cn1. The van der Waals surface area contributed by atoms with Crippen LogP contribution in [0, 0.1) is 0 Å². The number of rotatable bonds is 3. The molecule has 0 amide bonds. The summed E-state index contributed by atoms with van der Waals surface area (Å²) in [5, 5.41) is 7.13. The molecule has 9 heteroatoms. The number of nitrogens with zero attached hydrogens (tertiary/aromatic N) is 4. The van der Waals surface area contributed by atoms with Gasteiger partial charge in [-0.1, -0.05) is 0 Å². The minimum absolute atomic E-state index is 0.0698. The average Bonchev–Trinajstić information content (AvgIpc) is 3.11. The Bertz CT molecular complexity index is 614. The summed E-state index contributed by atoms with van der Waals surface area (Å²) in [6.45, 7) is 0. The third-order valence-electron chi connectivity index (χ3n) is 2.83. The van der Waals surface area contributed by atoms with Gasteiger partial charge in [-0.15, -0.1) is 5.10 Å². The fraction of sp³-hybridized carbons (Fsp3) is 0.364. The fourth-order valence-electron chi connectivity index (χ4n) is 1.64. The number of nitrogen functional groups attached to an aromatic ring is 1. The van der Waals surface area contributed by atoms with Crippen molar-refractivity contribution in [1.82, 2.24) is 19.7 Å². The molecular formula is C11H11F3N6. The highest BCUT2D eigenvalue weighted by atomic mass is 19.4. The van der Waals surface area contributed by atoms with Crippen molar-refractivity contribution in [3.05, 3.63) is 23.9 Å². The van der Waals surface area contributed by atoms with Crippen LogP contribution in [0.1, 0.15) is 18.4 Å². The lowest BCUT2D eigenvalue weighted by Gasteiger charge is -2.06. The highest BCUT2D eigenvalue weighted by molar-refractivity contribution is 5.40. The van der Waals surface area contributed by atoms with Crippen LogP contribution in [-0.2, 0) is 6.18 Å². The highest BCUT2D eigenvalue weighted by Gasteiger charge is 2.31. The Labute approximate surface area is 111 Å². The smallest absolute Gasteiger partial charge is 0.368 e. The van der Waals surface area contributed by atoms with E-state index in [1.807, 2.05) is 0 Å². The number of alkyl halides is 3. The molecule has 6 nitrogen and oxygen atoms in total. The first-order valence-electron chi connectivity index (χ1n) is 5.96. The minimum Gasteiger partial charge on any atom is -0.368 e. The Morgan fingerprint density at radius 3 is 2.60 bits per heavy atom. The number of nitrogens with two attached hydrogens (primary N) is 1. The molecule has 3 rings (SSSR count). The first kappa shape index (κ1) is 12.7. The van der Waals surface area contributed by atoms with E-state index in [4.69, 9.17) is 5.73 Å². The van der Waals surface area contributed by atoms with Crippen molar-refractivity contribution in [1.29, 1.82) is 0 Å². The average molecular weight is 284 g/mol. The largest absolute Gasteiger partial charge is 0.417 e. The zero-order valence-electron chi connectivity index (χ0n) is 10.2. The van der Waals surface area contributed by atoms with E-state index in [9.17, 15) is 13.2 Å². The van der Waals surface area contributed by atoms with Crippen molar-refractivity contribution < 1.29 is 13.2 Å². The van der Waals surface area contributed by atoms with Gasteiger partial charge in [-0.25, -0.2) is 4.98 Å². The second kappa shape index (κ2) is 4.36. The summed E-state index contributed by atoms with van der Waals surface area (Å²) in [6, 6.07) is 2.48. The number of aromatic nitrogens is 4. The summed E-state index contributed by atoms with van der Waals surface area (Å²) < 4.78 is 38.5. The predicted octanol–water partition coefficient (Wildman–Crippen LogP) is 1.84. The molecule has 0 spiro atoms. The number of pyridine rings is 1. The summed E-state index contributed by atoms with van der Waals surface area (Å²) in [5.74, 6) is 0.610. The number of hydrogen-bond acceptors (Lipinski definition) is 5. The Morgan fingerprint density at radius 1 is 1.30 bits per heavy atom. The molecule has 0 unspecified atom stereocenters. The Kier molecular flexibility index (Phi) is 2.77. The zero-order valence-corrected chi connectivity index (χ0v) is 10.2. The number of halogens is 3. The van der Waals surface area contributed by atoms with Crippen LogP contribution in [0.2, 0.25) is 0 Å². The molecule has 2 heterocycles. The van der Waals surface area contributed by atoms with Gasteiger partial charge in [0, 0.05) is 12.2 Å². The molecule has 0 aromatic carbocycles. The molecule has 0 saturated heterocycles. The van der Waals surface area contributed by atoms with Gasteiger partial charge >= 0.3 is 6.18 Å². The van der Waals surface area contributed by atoms with E-state index in [1.54, 1.807) is 0 Å². The molecule has 0 aliphatic heterocycles. The van der Waals surface area contributed by atoms with Gasteiger partial charge in [-0.05, 0) is 25.0 Å². The first-order chi connectivity index (χ1) is 9.43. The van der Waals surface area contributed by atoms with Gasteiger partial charge in [-0.2, -0.15) is 22.8 Å². The van der Waals surface area contributed by atoms with Crippen LogP contribution >= 0.6 is 0 Å². The van der Waals surface area contributed by atoms with Gasteiger partial charge in [0.25, 0.3) is 0 Å². The monoisotopic (exact) mass is 284 g/mol. The van der Waals surface area contributed by atoms with Crippen LogP contribution in [0.4, 0.5) is 25.1 Å². The molecule has 0 bridgehead atoms. The molecular weight excluding hydrogens is 273 g/mol. The van der Waals surface area contributed by atoms with E-state index < -0.39 is 11.7 Å². The standard InChI is InChI=1S/C11H11F3N6/c12-11(13,14)6-1-4-8(16-5-6)20-9(15)18-10(19-20)17-7-2-3-7/h1,4-5,7H,2-3H2,(H3,15,17,18,19). The van der Waals surface area contributed by atoms with Crippen LogP contribution < -0.4 is 11.1 Å². The van der Waals surface area contributed by atoms with Crippen molar-refractivity contribution in [2.45, 2.75) is 25.1 Å². The molecule has 1 fully saturated rings. The van der Waals surface area contributed by atoms with Gasteiger partial charge in [0.1, 0.15) is 0 Å². The molecule has 0 atom stereocenters. The summed E-state index contributed by atoms with van der Waals surface area (Å²) in [4.78, 5) is 7.71. The van der Waals surface area contributed by atoms with E-state index in [0.29, 0.717) is 12.0 Å². The van der Waals surface area contributed by atoms with Crippen LogP contribution in [0.3, 0.4) is 0 Å². The second-order valence-electron chi connectivity index (χ2n) is 4.53. The predicted molar refractivity (Wildman–Crippen MR) is 65.2 cm³/mol. The fourth-order valence-corrected chi connectivity index (χ4v) is 1.64. The normalized spacial score (nSPS) is 15.3. The van der Waals surface area contributed by atoms with Crippen molar-refractivity contribution in [2.24, 2.45) is 0 Å². The summed E-state index contributed by atoms with van der Waals surface area (Å²) >= 11 is 0. The van der Waals surface area contributed by atoms with Crippen LogP contribution in [-0.4, -0.2) is 25.8 Å². The molecule has 1 aliphatic carbocycles. The lowest BCUT2D eigenvalue weighted by molar-refractivity contribution is -0.137. The van der Waals surface area contributed by atoms with Gasteiger partial charge in [0.15, 0.2) is 5.82 Å². The molecule has 0 radical (unpaired) electrons. The molecule has 2 aromatic rings. The Balaban J connectivity index is 1.86. The third kappa shape index (κ3) is 2.51. The van der Waals surface area contributed by atoms with Crippen LogP contribution in [0.25, 0.3) is 5.82 Å². The lowest BCUT2D eigenvalue weighted by Crippen LogP contribution is -2.09. The number of nitrogens with one attached hydrogen (secondary N) is 1. The highest BCUT2D eigenvalue weighted by Crippen LogP contribution is 2.29. The summed E-state index contributed by atoms with van der Waals surface area (Å²) in [5.41, 5.74) is 4.86. The van der Waals surface area contributed by atoms with E-state index in [1.165, 1.54) is 10.7 Å². The second-order valence-corrected chi connectivity index (χ2v) is 4.53. The maximum Gasteiger partial charge on any atom is 0.417 e. The van der Waals surface area contributed by atoms with Gasteiger partial charge < -0.3 is 11.1 Å². The van der Waals surface area contributed by atoms with Gasteiger partial charge in [-0.3, -0.25) is 0 Å². The molecule has 2 aromatic heterocycles. The summed E-state index contributed by atoms with van der Waals surface area (Å²) in [6.07, 6.45) is -1.58. The Morgan fingerprint density at radius 2 is 2.05 bits per heavy atom. The van der Waals surface area contributed by atoms with E-state index in [0.717, 1.165) is 25.1 Å². The van der Waals surface area contributed by atoms with E-state index in [2.05, 4.69) is 20.4 Å². The van der Waals surface area contributed by atoms with E-state index in [-0.39, 0.29) is 11.8 Å². The molecule has 1 saturated carbocycles. The van der Waals surface area contributed by atoms with E-state index >= 15 is 0 Å². The topological polar surface area (TPSA) is 81.6 Å². The lowest BCUT2D eigenvalue weighted by atomic mass is 10.3. The molecule has 1 aliphatic rings. The van der Waals surface area contributed by atoms with Crippen molar-refractivity contribution in [3.8, 4) is 5.82 Å². The van der Waals surface area contributed by atoms with Gasteiger partial charge in [0.2, 0.25) is 11.9 Å². The van der Waals surface area contributed by atoms with Crippen molar-refractivity contribution in [3.63, 3.8) is 0 Å². The zero-order chi connectivity index (χ0) is 14.3.